The second kappa shape index (κ2) is 11.5. The fourth-order valence-electron chi connectivity index (χ4n) is 3.35. The Morgan fingerprint density at radius 3 is 2.47 bits per heavy atom. The van der Waals surface area contributed by atoms with Crippen molar-refractivity contribution in [3.05, 3.63) is 81.0 Å². The molecule has 5 N–H and O–H groups in total. The number of allylic oxidation sites excluding steroid dienone is 2. The molecule has 4 rings (SSSR count). The summed E-state index contributed by atoms with van der Waals surface area (Å²) in [6, 6.07) is 4.54. The number of nitrogens with one attached hydrogen (secondary N) is 1. The second-order valence-electron chi connectivity index (χ2n) is 7.75. The quantitative estimate of drug-likeness (QED) is 0.260. The maximum atomic E-state index is 14.6. The molecule has 0 unspecified atom stereocenters. The van der Waals surface area contributed by atoms with E-state index in [1.807, 2.05) is 19.1 Å². The lowest BCUT2D eigenvalue weighted by molar-refractivity contribution is -0.138. The fourth-order valence-corrected chi connectivity index (χ4v) is 3.35. The van der Waals surface area contributed by atoms with Gasteiger partial charge in [0.25, 0.3) is 11.1 Å². The maximum absolute atomic E-state index is 14.6. The monoisotopic (exact) mass is 533 g/mol. The predicted octanol–water partition coefficient (Wildman–Crippen LogP) is 3.53. The molecule has 0 fully saturated rings. The minimum atomic E-state index is -4.74. The highest BCUT2D eigenvalue weighted by Gasteiger charge is 2.36. The number of nitrogens with zero attached hydrogens (tertiary/aromatic N) is 4. The third-order valence-corrected chi connectivity index (χ3v) is 5.18. The number of methoxy groups -OCH3 is 1. The van der Waals surface area contributed by atoms with Gasteiger partial charge >= 0.3 is 6.18 Å². The van der Waals surface area contributed by atoms with Gasteiger partial charge in [0.05, 0.1) is 36.1 Å². The van der Waals surface area contributed by atoms with Crippen molar-refractivity contribution >= 4 is 22.3 Å². The summed E-state index contributed by atoms with van der Waals surface area (Å²) in [5, 5.41) is 5.65. The molecule has 0 atom stereocenters. The van der Waals surface area contributed by atoms with E-state index in [4.69, 9.17) is 16.2 Å². The van der Waals surface area contributed by atoms with E-state index in [0.717, 1.165) is 12.6 Å². The topological polar surface area (TPSA) is 155 Å². The van der Waals surface area contributed by atoms with Crippen LogP contribution < -0.4 is 27.3 Å². The first-order chi connectivity index (χ1) is 18.0. The van der Waals surface area contributed by atoms with E-state index < -0.39 is 28.8 Å². The van der Waals surface area contributed by atoms with Crippen LogP contribution in [0.2, 0.25) is 0 Å². The van der Waals surface area contributed by atoms with Gasteiger partial charge in [-0.25, -0.2) is 19.5 Å². The van der Waals surface area contributed by atoms with Gasteiger partial charge in [-0.1, -0.05) is 19.1 Å². The molecule has 0 bridgehead atoms. The largest absolute Gasteiger partial charge is 0.491 e. The number of alkyl halides is 3. The highest BCUT2D eigenvalue weighted by atomic mass is 19.4. The molecule has 1 aromatic carbocycles. The summed E-state index contributed by atoms with van der Waals surface area (Å²) >= 11 is 0. The van der Waals surface area contributed by atoms with Crippen LogP contribution in [0.25, 0.3) is 22.2 Å². The van der Waals surface area contributed by atoms with Gasteiger partial charge in [-0.15, -0.1) is 0 Å². The molecule has 4 aromatic rings. The van der Waals surface area contributed by atoms with Gasteiger partial charge in [0, 0.05) is 12.7 Å². The van der Waals surface area contributed by atoms with Crippen LogP contribution >= 0.6 is 0 Å². The van der Waals surface area contributed by atoms with E-state index in [9.17, 15) is 27.2 Å². The summed E-state index contributed by atoms with van der Waals surface area (Å²) in [4.78, 5) is 31.3. The Bertz CT molecular complexity index is 1600. The van der Waals surface area contributed by atoms with E-state index in [1.54, 1.807) is 23.4 Å². The molecular weight excluding hydrogens is 510 g/mol. The Labute approximate surface area is 212 Å². The molecule has 3 heterocycles. The molecule has 0 saturated heterocycles. The number of pyridine rings is 1. The minimum Gasteiger partial charge on any atom is -0.491 e. The SMILES string of the molecule is CC/C=C/Cn1ccc2cc(-c3ncc(OC)c(N)n3)c(F)cc2c1=O.Nc1cn[nH]c(=O)c1C(F)(F)F. The maximum Gasteiger partial charge on any atom is 0.423 e. The van der Waals surface area contributed by atoms with Crippen molar-refractivity contribution in [1.82, 2.24) is 24.7 Å². The van der Waals surface area contributed by atoms with E-state index in [2.05, 4.69) is 15.1 Å². The lowest BCUT2D eigenvalue weighted by Gasteiger charge is -2.09. The first-order valence-electron chi connectivity index (χ1n) is 11.0. The minimum absolute atomic E-state index is 0.120. The number of aromatic nitrogens is 5. The Balaban J connectivity index is 0.000000279. The molecule has 0 amide bonds. The number of ether oxygens (including phenoxy) is 1. The number of rotatable bonds is 5. The number of hydrogen-bond donors (Lipinski definition) is 3. The number of aromatic amines is 1. The molecular formula is C24H23F4N7O3. The number of halogens is 4. The highest BCUT2D eigenvalue weighted by molar-refractivity contribution is 5.86. The molecule has 10 nitrogen and oxygen atoms in total. The molecule has 200 valence electrons. The van der Waals surface area contributed by atoms with Gasteiger partial charge in [0.1, 0.15) is 11.4 Å². The first kappa shape index (κ1) is 27.8. The Morgan fingerprint density at radius 2 is 1.89 bits per heavy atom. The van der Waals surface area contributed by atoms with Gasteiger partial charge in [-0.3, -0.25) is 9.59 Å². The van der Waals surface area contributed by atoms with Crippen molar-refractivity contribution in [3.63, 3.8) is 0 Å². The zero-order chi connectivity index (χ0) is 28.0. The third-order valence-electron chi connectivity index (χ3n) is 5.18. The standard InChI is InChI=1S/C19H19FN4O2.C5H4F3N3O/c1-3-4-5-7-24-8-6-12-9-14(15(20)10-13(12)19(24)25)18-22-11-16(26-2)17(21)23-18;6-5(7,8)3-2(9)1-10-11-4(3)12/h4-6,8-11H,3,7H2,1-2H3,(H2,21,22,23);1H,(H3,9,11,12)/b5-4+;. The fraction of sp³-hybridized carbons (Fsp3) is 0.208. The molecule has 0 spiro atoms. The highest BCUT2D eigenvalue weighted by Crippen LogP contribution is 2.29. The van der Waals surface area contributed by atoms with Gasteiger partial charge < -0.3 is 20.8 Å². The Hall–Kier alpha value is -4.75. The van der Waals surface area contributed by atoms with Crippen molar-refractivity contribution in [3.8, 4) is 17.1 Å². The zero-order valence-electron chi connectivity index (χ0n) is 20.2. The molecule has 0 aliphatic carbocycles. The average Bonchev–Trinajstić information content (AvgIpc) is 2.85. The number of nitrogen functional groups attached to an aromatic ring is 2. The molecule has 14 heteroatoms. The summed E-state index contributed by atoms with van der Waals surface area (Å²) in [5.41, 5.74) is 7.20. The van der Waals surface area contributed by atoms with Crippen molar-refractivity contribution in [2.24, 2.45) is 0 Å². The summed E-state index contributed by atoms with van der Waals surface area (Å²) in [7, 11) is 1.45. The van der Waals surface area contributed by atoms with Crippen molar-refractivity contribution < 1.29 is 22.3 Å². The summed E-state index contributed by atoms with van der Waals surface area (Å²) in [6.07, 6.45) is 3.86. The summed E-state index contributed by atoms with van der Waals surface area (Å²) < 4.78 is 57.1. The lowest BCUT2D eigenvalue weighted by atomic mass is 10.1. The lowest BCUT2D eigenvalue weighted by Crippen LogP contribution is -2.24. The van der Waals surface area contributed by atoms with Crippen LogP contribution in [0.1, 0.15) is 18.9 Å². The van der Waals surface area contributed by atoms with Crippen LogP contribution in [-0.4, -0.2) is 31.8 Å². The van der Waals surface area contributed by atoms with Crippen LogP contribution in [0.15, 0.2) is 58.5 Å². The van der Waals surface area contributed by atoms with Crippen molar-refractivity contribution in [2.45, 2.75) is 26.1 Å². The first-order valence-corrected chi connectivity index (χ1v) is 11.0. The molecule has 0 aliphatic rings. The number of benzene rings is 1. The van der Waals surface area contributed by atoms with Gasteiger partial charge in [-0.05, 0) is 30.0 Å². The summed E-state index contributed by atoms with van der Waals surface area (Å²) in [6.45, 7) is 2.47. The van der Waals surface area contributed by atoms with Crippen LogP contribution in [0, 0.1) is 5.82 Å². The Kier molecular flexibility index (Phi) is 8.45. The van der Waals surface area contributed by atoms with Gasteiger partial charge in [-0.2, -0.15) is 18.3 Å². The average molecular weight is 533 g/mol. The Morgan fingerprint density at radius 1 is 1.16 bits per heavy atom. The van der Waals surface area contributed by atoms with Crippen LogP contribution in [0.4, 0.5) is 29.1 Å². The van der Waals surface area contributed by atoms with Gasteiger partial charge in [0.15, 0.2) is 17.4 Å². The molecule has 3 aromatic heterocycles. The normalized spacial score (nSPS) is 11.4. The second-order valence-corrected chi connectivity index (χ2v) is 7.75. The van der Waals surface area contributed by atoms with Gasteiger partial charge in [0.2, 0.25) is 0 Å². The number of fused-ring (bicyclic) bond motifs is 1. The summed E-state index contributed by atoms with van der Waals surface area (Å²) in [5.74, 6) is -0.00753. The van der Waals surface area contributed by atoms with E-state index in [0.29, 0.717) is 23.1 Å². The molecule has 38 heavy (non-hydrogen) atoms. The van der Waals surface area contributed by atoms with Crippen LogP contribution in [0.5, 0.6) is 5.75 Å². The molecule has 0 aliphatic heterocycles. The van der Waals surface area contributed by atoms with Crippen molar-refractivity contribution in [2.75, 3.05) is 18.6 Å². The third kappa shape index (κ3) is 6.14. The smallest absolute Gasteiger partial charge is 0.423 e. The number of anilines is 2. The van der Waals surface area contributed by atoms with E-state index in [1.165, 1.54) is 23.9 Å². The number of nitrogens with two attached hydrogens (primary N) is 2. The van der Waals surface area contributed by atoms with E-state index >= 15 is 0 Å². The predicted molar refractivity (Wildman–Crippen MR) is 134 cm³/mol. The van der Waals surface area contributed by atoms with Crippen LogP contribution in [-0.2, 0) is 12.7 Å². The molecule has 0 saturated carbocycles. The molecule has 0 radical (unpaired) electrons. The van der Waals surface area contributed by atoms with Crippen LogP contribution in [0.3, 0.4) is 0 Å². The zero-order valence-corrected chi connectivity index (χ0v) is 20.2. The van der Waals surface area contributed by atoms with Crippen molar-refractivity contribution in [1.29, 1.82) is 0 Å². The number of hydrogen-bond acceptors (Lipinski definition) is 8. The number of H-pyrrole nitrogens is 1. The van der Waals surface area contributed by atoms with E-state index in [-0.39, 0.29) is 22.8 Å².